The summed E-state index contributed by atoms with van der Waals surface area (Å²) >= 11 is 1.38. The van der Waals surface area contributed by atoms with Crippen LogP contribution in [0.25, 0.3) is 0 Å². The van der Waals surface area contributed by atoms with E-state index in [0.29, 0.717) is 18.1 Å². The van der Waals surface area contributed by atoms with E-state index in [1.807, 2.05) is 39.5 Å². The maximum absolute atomic E-state index is 12.3. The Kier molecular flexibility index (Phi) is 4.32. The summed E-state index contributed by atoms with van der Waals surface area (Å²) in [7, 11) is 3.73. The van der Waals surface area contributed by atoms with E-state index in [1.54, 1.807) is 4.90 Å². The third-order valence-electron chi connectivity index (χ3n) is 3.70. The predicted molar refractivity (Wildman–Crippen MR) is 84.1 cm³/mol. The van der Waals surface area contributed by atoms with Crippen molar-refractivity contribution in [3.05, 3.63) is 27.5 Å². The first-order valence-electron chi connectivity index (χ1n) is 6.74. The van der Waals surface area contributed by atoms with Crippen LogP contribution < -0.4 is 5.73 Å². The van der Waals surface area contributed by atoms with Gasteiger partial charge in [0.25, 0.3) is 0 Å². The van der Waals surface area contributed by atoms with E-state index in [1.165, 1.54) is 11.3 Å². The molecule has 21 heavy (non-hydrogen) atoms. The Morgan fingerprint density at radius 3 is 2.48 bits per heavy atom. The Labute approximate surface area is 128 Å². The fourth-order valence-electron chi connectivity index (χ4n) is 2.26. The summed E-state index contributed by atoms with van der Waals surface area (Å²) in [6.07, 6.45) is 0.343. The van der Waals surface area contributed by atoms with Crippen LogP contribution in [0.15, 0.2) is 0 Å². The molecule has 0 radical (unpaired) electrons. The Hall–Kier alpha value is -1.89. The van der Waals surface area contributed by atoms with Gasteiger partial charge in [0.1, 0.15) is 0 Å². The second-order valence-corrected chi connectivity index (χ2v) is 6.38. The van der Waals surface area contributed by atoms with Crippen LogP contribution in [0.3, 0.4) is 0 Å². The van der Waals surface area contributed by atoms with Crippen molar-refractivity contribution in [1.29, 1.82) is 0 Å². The zero-order chi connectivity index (χ0) is 15.7. The summed E-state index contributed by atoms with van der Waals surface area (Å²) in [5.41, 5.74) is 9.67. The average Bonchev–Trinajstić information content (AvgIpc) is 2.83. The van der Waals surface area contributed by atoms with Crippen LogP contribution in [0.4, 0.5) is 5.13 Å². The van der Waals surface area contributed by atoms with Crippen molar-refractivity contribution >= 4 is 22.4 Å². The van der Waals surface area contributed by atoms with Crippen molar-refractivity contribution in [1.82, 2.24) is 19.7 Å². The lowest BCUT2D eigenvalue weighted by Crippen LogP contribution is -2.28. The van der Waals surface area contributed by atoms with Crippen molar-refractivity contribution in [2.24, 2.45) is 7.05 Å². The molecule has 2 heterocycles. The van der Waals surface area contributed by atoms with Gasteiger partial charge in [-0.15, -0.1) is 11.3 Å². The van der Waals surface area contributed by atoms with Gasteiger partial charge in [0.05, 0.1) is 17.8 Å². The highest BCUT2D eigenvalue weighted by atomic mass is 32.1. The molecule has 114 valence electrons. The Balaban J connectivity index is 2.08. The van der Waals surface area contributed by atoms with Gasteiger partial charge in [-0.3, -0.25) is 9.48 Å². The number of nitrogen functional groups attached to an aromatic ring is 1. The van der Waals surface area contributed by atoms with Gasteiger partial charge >= 0.3 is 0 Å². The molecule has 0 aromatic carbocycles. The molecule has 2 aromatic heterocycles. The van der Waals surface area contributed by atoms with E-state index in [4.69, 9.17) is 5.73 Å². The minimum atomic E-state index is 0.0596. The zero-order valence-corrected chi connectivity index (χ0v) is 13.9. The molecule has 0 aliphatic heterocycles. The van der Waals surface area contributed by atoms with Gasteiger partial charge in [0.2, 0.25) is 5.91 Å². The lowest BCUT2D eigenvalue weighted by Gasteiger charge is -2.17. The van der Waals surface area contributed by atoms with Crippen molar-refractivity contribution in [3.8, 4) is 0 Å². The van der Waals surface area contributed by atoms with Crippen molar-refractivity contribution in [3.63, 3.8) is 0 Å². The monoisotopic (exact) mass is 307 g/mol. The van der Waals surface area contributed by atoms with E-state index in [0.717, 1.165) is 27.5 Å². The molecule has 0 aliphatic carbocycles. The highest BCUT2D eigenvalue weighted by Crippen LogP contribution is 2.21. The lowest BCUT2D eigenvalue weighted by atomic mass is 10.2. The fourth-order valence-corrected chi connectivity index (χ4v) is 3.08. The van der Waals surface area contributed by atoms with Crippen molar-refractivity contribution in [2.45, 2.75) is 33.7 Å². The predicted octanol–water partition coefficient (Wildman–Crippen LogP) is 1.59. The first-order valence-corrected chi connectivity index (χ1v) is 7.56. The third-order valence-corrected chi connectivity index (χ3v) is 4.69. The number of anilines is 1. The molecule has 1 amide bonds. The first kappa shape index (κ1) is 15.5. The number of aromatic nitrogens is 3. The van der Waals surface area contributed by atoms with E-state index in [-0.39, 0.29) is 5.91 Å². The molecule has 2 rings (SSSR count). The standard InChI is InChI=1S/C14H21N5OS/c1-8-11(10(3)19(5)17-8)7-18(4)13(20)6-12-9(2)16-14(15)21-12/h6-7H2,1-5H3,(H2,15,16). The Bertz CT molecular complexity index is 673. The molecule has 7 heteroatoms. The van der Waals surface area contributed by atoms with Gasteiger partial charge < -0.3 is 10.6 Å². The number of hydrogen-bond donors (Lipinski definition) is 1. The van der Waals surface area contributed by atoms with Crippen LogP contribution in [0.2, 0.25) is 0 Å². The largest absolute Gasteiger partial charge is 0.375 e. The average molecular weight is 307 g/mol. The topological polar surface area (TPSA) is 77.0 Å². The highest BCUT2D eigenvalue weighted by Gasteiger charge is 2.17. The maximum Gasteiger partial charge on any atom is 0.227 e. The van der Waals surface area contributed by atoms with Crippen molar-refractivity contribution in [2.75, 3.05) is 12.8 Å². The number of nitrogens with zero attached hydrogens (tertiary/aromatic N) is 4. The number of thiazole rings is 1. The fraction of sp³-hybridized carbons (Fsp3) is 0.500. The van der Waals surface area contributed by atoms with Crippen LogP contribution in [-0.2, 0) is 24.8 Å². The van der Waals surface area contributed by atoms with Crippen LogP contribution in [0.5, 0.6) is 0 Å². The number of carbonyl (C=O) groups is 1. The van der Waals surface area contributed by atoms with Crippen molar-refractivity contribution < 1.29 is 4.79 Å². The molecule has 0 aliphatic rings. The number of likely N-dealkylation sites (N-methyl/N-ethyl adjacent to an activating group) is 1. The molecule has 0 saturated heterocycles. The SMILES string of the molecule is Cc1nc(N)sc1CC(=O)N(C)Cc1c(C)nn(C)c1C. The Morgan fingerprint density at radius 1 is 1.33 bits per heavy atom. The normalized spacial score (nSPS) is 10.9. The van der Waals surface area contributed by atoms with E-state index < -0.39 is 0 Å². The summed E-state index contributed by atoms with van der Waals surface area (Å²) < 4.78 is 1.84. The molecule has 0 fully saturated rings. The number of hydrogen-bond acceptors (Lipinski definition) is 5. The Morgan fingerprint density at radius 2 is 2.00 bits per heavy atom. The molecular weight excluding hydrogens is 286 g/mol. The van der Waals surface area contributed by atoms with Gasteiger partial charge in [-0.1, -0.05) is 0 Å². The molecule has 0 bridgehead atoms. The molecule has 2 aromatic rings. The van der Waals surface area contributed by atoms with E-state index >= 15 is 0 Å². The quantitative estimate of drug-likeness (QED) is 0.930. The van der Waals surface area contributed by atoms with Gasteiger partial charge in [-0.2, -0.15) is 5.10 Å². The number of nitrogens with two attached hydrogens (primary N) is 1. The summed E-state index contributed by atoms with van der Waals surface area (Å²) in [6, 6.07) is 0. The van der Waals surface area contributed by atoms with Gasteiger partial charge in [0.15, 0.2) is 5.13 Å². The molecule has 0 saturated carbocycles. The number of aryl methyl sites for hydroxylation is 3. The smallest absolute Gasteiger partial charge is 0.227 e. The van der Waals surface area contributed by atoms with Crippen LogP contribution in [0.1, 0.15) is 27.5 Å². The minimum Gasteiger partial charge on any atom is -0.375 e. The minimum absolute atomic E-state index is 0.0596. The van der Waals surface area contributed by atoms with Gasteiger partial charge in [0, 0.05) is 36.8 Å². The van der Waals surface area contributed by atoms with Gasteiger partial charge in [-0.05, 0) is 20.8 Å². The van der Waals surface area contributed by atoms with E-state index in [9.17, 15) is 4.79 Å². The summed E-state index contributed by atoms with van der Waals surface area (Å²) in [4.78, 5) is 19.2. The second kappa shape index (κ2) is 5.85. The molecule has 0 atom stereocenters. The van der Waals surface area contributed by atoms with Crippen LogP contribution >= 0.6 is 11.3 Å². The number of carbonyl (C=O) groups excluding carboxylic acids is 1. The molecular formula is C14H21N5OS. The van der Waals surface area contributed by atoms with E-state index in [2.05, 4.69) is 10.1 Å². The summed E-state index contributed by atoms with van der Waals surface area (Å²) in [5.74, 6) is 0.0596. The summed E-state index contributed by atoms with van der Waals surface area (Å²) in [5, 5.41) is 4.89. The molecule has 0 unspecified atom stereocenters. The lowest BCUT2D eigenvalue weighted by molar-refractivity contribution is -0.129. The van der Waals surface area contributed by atoms with Crippen LogP contribution in [-0.4, -0.2) is 32.6 Å². The zero-order valence-electron chi connectivity index (χ0n) is 13.1. The highest BCUT2D eigenvalue weighted by molar-refractivity contribution is 7.15. The molecule has 6 nitrogen and oxygen atoms in total. The molecule has 0 spiro atoms. The van der Waals surface area contributed by atoms with Gasteiger partial charge in [-0.25, -0.2) is 4.98 Å². The second-order valence-electron chi connectivity index (χ2n) is 5.26. The third kappa shape index (κ3) is 3.24. The summed E-state index contributed by atoms with van der Waals surface area (Å²) in [6.45, 7) is 6.43. The number of amides is 1. The number of rotatable bonds is 4. The van der Waals surface area contributed by atoms with Crippen LogP contribution in [0, 0.1) is 20.8 Å². The first-order chi connectivity index (χ1) is 9.79. The molecule has 2 N–H and O–H groups in total. The maximum atomic E-state index is 12.3.